The van der Waals surface area contributed by atoms with Crippen molar-refractivity contribution < 1.29 is 14.6 Å². The third kappa shape index (κ3) is 3.77. The molecule has 0 unspecified atom stereocenters. The highest BCUT2D eigenvalue weighted by atomic mass is 32.1. The molecule has 2 heterocycles. The van der Waals surface area contributed by atoms with Crippen LogP contribution in [0.15, 0.2) is 35.2 Å². The first-order chi connectivity index (χ1) is 11.1. The van der Waals surface area contributed by atoms with Crippen molar-refractivity contribution in [1.82, 2.24) is 9.88 Å². The van der Waals surface area contributed by atoms with Crippen LogP contribution in [0.4, 0.5) is 4.39 Å². The van der Waals surface area contributed by atoms with Crippen molar-refractivity contribution in [2.24, 2.45) is 5.41 Å². The van der Waals surface area contributed by atoms with Gasteiger partial charge >= 0.3 is 0 Å². The Morgan fingerprint density at radius 1 is 1.35 bits per heavy atom. The van der Waals surface area contributed by atoms with Crippen LogP contribution in [0.3, 0.4) is 0 Å². The summed E-state index contributed by atoms with van der Waals surface area (Å²) in [5.74, 6) is -0.277. The number of hydrogen-bond acceptors (Lipinski definition) is 5. The first-order valence-electron chi connectivity index (χ1n) is 7.74. The van der Waals surface area contributed by atoms with E-state index in [2.05, 4.69) is 9.88 Å². The minimum Gasteiger partial charge on any atom is -0.396 e. The van der Waals surface area contributed by atoms with Crippen LogP contribution in [0.2, 0.25) is 0 Å². The van der Waals surface area contributed by atoms with Crippen molar-refractivity contribution in [2.75, 3.05) is 19.7 Å². The Hall–Kier alpha value is -1.34. The Balaban J connectivity index is 1.75. The summed E-state index contributed by atoms with van der Waals surface area (Å²) in [6, 6.07) is 6.28. The lowest BCUT2D eigenvalue weighted by Gasteiger charge is -2.45. The first kappa shape index (κ1) is 16.5. The topological polar surface area (TPSA) is 56.6 Å². The van der Waals surface area contributed by atoms with E-state index in [-0.39, 0.29) is 12.4 Å². The molecule has 1 aromatic heterocycles. The molecule has 1 saturated heterocycles. The molecular weight excluding hydrogens is 315 g/mol. The maximum atomic E-state index is 13.1. The van der Waals surface area contributed by atoms with Crippen LogP contribution in [0, 0.1) is 11.2 Å². The maximum Gasteiger partial charge on any atom is 0.123 e. The van der Waals surface area contributed by atoms with Crippen molar-refractivity contribution in [2.45, 2.75) is 25.5 Å². The van der Waals surface area contributed by atoms with Crippen LogP contribution in [0.1, 0.15) is 17.7 Å². The molecule has 2 aromatic rings. The van der Waals surface area contributed by atoms with Gasteiger partial charge in [0.15, 0.2) is 0 Å². The van der Waals surface area contributed by atoms with Crippen LogP contribution in [0.25, 0.3) is 0 Å². The molecule has 2 N–H and O–H groups in total. The largest absolute Gasteiger partial charge is 0.396 e. The van der Waals surface area contributed by atoms with Gasteiger partial charge in [0.25, 0.3) is 0 Å². The molecule has 0 bridgehead atoms. The minimum atomic E-state index is -0.619. The van der Waals surface area contributed by atoms with Crippen molar-refractivity contribution >= 4 is 11.3 Å². The summed E-state index contributed by atoms with van der Waals surface area (Å²) >= 11 is 1.57. The number of likely N-dealkylation sites (tertiary alicyclic amines) is 1. The molecule has 1 aliphatic heterocycles. The summed E-state index contributed by atoms with van der Waals surface area (Å²) in [4.78, 5) is 6.53. The molecule has 6 heteroatoms. The smallest absolute Gasteiger partial charge is 0.123 e. The summed E-state index contributed by atoms with van der Waals surface area (Å²) in [6.45, 7) is 2.00. The van der Waals surface area contributed by atoms with E-state index in [1.165, 1.54) is 12.1 Å². The fraction of sp³-hybridized carbons (Fsp3) is 0.471. The van der Waals surface area contributed by atoms with Gasteiger partial charge in [0, 0.05) is 30.4 Å². The van der Waals surface area contributed by atoms with Gasteiger partial charge in [-0.2, -0.15) is 0 Å². The van der Waals surface area contributed by atoms with Crippen LogP contribution < -0.4 is 0 Å². The monoisotopic (exact) mass is 336 g/mol. The number of piperidine rings is 1. The number of aromatic nitrogens is 1. The van der Waals surface area contributed by atoms with E-state index >= 15 is 0 Å². The van der Waals surface area contributed by atoms with Gasteiger partial charge in [-0.25, -0.2) is 9.37 Å². The molecule has 124 valence electrons. The molecule has 1 aliphatic rings. The van der Waals surface area contributed by atoms with Crippen molar-refractivity contribution in [3.8, 4) is 0 Å². The van der Waals surface area contributed by atoms with Gasteiger partial charge in [-0.1, -0.05) is 12.1 Å². The number of rotatable bonds is 5. The number of hydrogen-bond donors (Lipinski definition) is 2. The molecule has 2 atom stereocenters. The molecule has 3 rings (SSSR count). The molecule has 23 heavy (non-hydrogen) atoms. The predicted molar refractivity (Wildman–Crippen MR) is 87.6 cm³/mol. The van der Waals surface area contributed by atoms with E-state index in [0.29, 0.717) is 19.4 Å². The van der Waals surface area contributed by atoms with E-state index in [9.17, 15) is 14.6 Å². The second-order valence-electron chi connectivity index (χ2n) is 6.32. The van der Waals surface area contributed by atoms with E-state index in [4.69, 9.17) is 0 Å². The first-order valence-corrected chi connectivity index (χ1v) is 8.68. The lowest BCUT2D eigenvalue weighted by molar-refractivity contribution is -0.0770. The van der Waals surface area contributed by atoms with Gasteiger partial charge in [0.1, 0.15) is 5.82 Å². The average molecular weight is 336 g/mol. The molecular formula is C17H21FN2O2S. The molecule has 1 fully saturated rings. The van der Waals surface area contributed by atoms with E-state index in [1.807, 2.05) is 10.9 Å². The highest BCUT2D eigenvalue weighted by Gasteiger charge is 2.42. The second kappa shape index (κ2) is 7.05. The third-order valence-electron chi connectivity index (χ3n) is 4.62. The zero-order valence-electron chi connectivity index (χ0n) is 12.9. The Morgan fingerprint density at radius 2 is 2.13 bits per heavy atom. The Bertz CT molecular complexity index is 620. The number of aliphatic hydroxyl groups is 2. The minimum absolute atomic E-state index is 0.0981. The highest BCUT2D eigenvalue weighted by Crippen LogP contribution is 2.34. The molecule has 4 nitrogen and oxygen atoms in total. The molecule has 1 aromatic carbocycles. The molecule has 0 radical (unpaired) electrons. The van der Waals surface area contributed by atoms with Gasteiger partial charge in [-0.05, 0) is 30.5 Å². The van der Waals surface area contributed by atoms with Crippen LogP contribution in [-0.4, -0.2) is 45.9 Å². The Morgan fingerprint density at radius 3 is 2.78 bits per heavy atom. The third-order valence-corrected chi connectivity index (χ3v) is 5.25. The van der Waals surface area contributed by atoms with Crippen molar-refractivity contribution in [3.63, 3.8) is 0 Å². The molecule has 0 aliphatic carbocycles. The predicted octanol–water partition coefficient (Wildman–Crippen LogP) is 2.07. The summed E-state index contributed by atoms with van der Waals surface area (Å²) < 4.78 is 13.1. The number of halogens is 1. The molecule has 0 spiro atoms. The molecule has 0 amide bonds. The summed E-state index contributed by atoms with van der Waals surface area (Å²) in [7, 11) is 0. The van der Waals surface area contributed by atoms with Crippen LogP contribution in [0.5, 0.6) is 0 Å². The van der Waals surface area contributed by atoms with Gasteiger partial charge < -0.3 is 10.2 Å². The number of aliphatic hydroxyl groups excluding tert-OH is 2. The summed E-state index contributed by atoms with van der Waals surface area (Å²) in [5, 5.41) is 22.5. The fourth-order valence-corrected chi connectivity index (χ4v) is 3.86. The number of nitrogens with zero attached hydrogens (tertiary/aromatic N) is 2. The number of benzene rings is 1. The number of thiazole rings is 1. The van der Waals surface area contributed by atoms with Gasteiger partial charge in [-0.3, -0.25) is 4.90 Å². The SMILES string of the molecule is OC[C@]1(Cc2ccc(F)cc2)CN(Cc2cscn2)CC[C@@H]1O. The van der Waals surface area contributed by atoms with E-state index in [1.54, 1.807) is 23.5 Å². The van der Waals surface area contributed by atoms with E-state index in [0.717, 1.165) is 24.3 Å². The molecule has 0 saturated carbocycles. The van der Waals surface area contributed by atoms with Gasteiger partial charge in [-0.15, -0.1) is 11.3 Å². The highest BCUT2D eigenvalue weighted by molar-refractivity contribution is 7.07. The van der Waals surface area contributed by atoms with Gasteiger partial charge in [0.2, 0.25) is 0 Å². The quantitative estimate of drug-likeness (QED) is 0.878. The van der Waals surface area contributed by atoms with Crippen molar-refractivity contribution in [1.29, 1.82) is 0 Å². The van der Waals surface area contributed by atoms with Crippen LogP contribution >= 0.6 is 11.3 Å². The lowest BCUT2D eigenvalue weighted by atomic mass is 9.73. The second-order valence-corrected chi connectivity index (χ2v) is 7.04. The van der Waals surface area contributed by atoms with Crippen LogP contribution in [-0.2, 0) is 13.0 Å². The van der Waals surface area contributed by atoms with Gasteiger partial charge in [0.05, 0.1) is 23.9 Å². The summed E-state index contributed by atoms with van der Waals surface area (Å²) in [6.07, 6.45) is 0.578. The Labute approximate surface area is 139 Å². The fourth-order valence-electron chi connectivity index (χ4n) is 3.31. The lowest BCUT2D eigenvalue weighted by Crippen LogP contribution is -2.54. The maximum absolute atomic E-state index is 13.1. The Kier molecular flexibility index (Phi) is 5.06. The standard InChI is InChI=1S/C17H21FN2O2S/c18-14-3-1-13(2-4-14)7-17(11-21)10-20(6-5-16(17)22)8-15-9-23-12-19-15/h1-4,9,12,16,21-22H,5-8,10-11H2/t16-,17-/m0/s1. The zero-order chi connectivity index (χ0) is 16.3. The zero-order valence-corrected chi connectivity index (χ0v) is 13.7. The van der Waals surface area contributed by atoms with Crippen molar-refractivity contribution in [3.05, 3.63) is 52.2 Å². The van der Waals surface area contributed by atoms with E-state index < -0.39 is 11.5 Å². The summed E-state index contributed by atoms with van der Waals surface area (Å²) in [5.41, 5.74) is 3.13. The average Bonchev–Trinajstić information content (AvgIpc) is 3.06. The normalized spacial score (nSPS) is 25.6.